The van der Waals surface area contributed by atoms with E-state index >= 15 is 0 Å². The van der Waals surface area contributed by atoms with E-state index in [0.29, 0.717) is 24.2 Å². The Kier molecular flexibility index (Phi) is 3.69. The van der Waals surface area contributed by atoms with Crippen molar-refractivity contribution in [2.45, 2.75) is 25.4 Å². The summed E-state index contributed by atoms with van der Waals surface area (Å²) in [6, 6.07) is 5.94. The van der Waals surface area contributed by atoms with Gasteiger partial charge in [0.15, 0.2) is 0 Å². The Labute approximate surface area is 100 Å². The van der Waals surface area contributed by atoms with Crippen LogP contribution in [0.1, 0.15) is 18.4 Å². The zero-order valence-corrected chi connectivity index (χ0v) is 9.82. The van der Waals surface area contributed by atoms with Gasteiger partial charge in [0.25, 0.3) is 0 Å². The molecule has 88 valence electrons. The van der Waals surface area contributed by atoms with Crippen LogP contribution in [0.4, 0.5) is 0 Å². The topological polar surface area (TPSA) is 43.7 Å². The standard InChI is InChI=1S/C12H16ClNO2/c13-11-3-1-2-9(12(11)16)8-14(6-7-15)10-4-5-10/h1-3,10,15-16H,4-8H2. The van der Waals surface area contributed by atoms with Gasteiger partial charge in [0, 0.05) is 24.7 Å². The summed E-state index contributed by atoms with van der Waals surface area (Å²) >= 11 is 5.85. The monoisotopic (exact) mass is 241 g/mol. The Balaban J connectivity index is 2.08. The average Bonchev–Trinajstić information content (AvgIpc) is 3.07. The number of aliphatic hydroxyl groups excluding tert-OH is 1. The molecule has 2 rings (SSSR count). The van der Waals surface area contributed by atoms with Gasteiger partial charge in [-0.05, 0) is 18.9 Å². The Morgan fingerprint density at radius 2 is 2.12 bits per heavy atom. The molecule has 0 aliphatic heterocycles. The Hall–Kier alpha value is -0.770. The lowest BCUT2D eigenvalue weighted by Gasteiger charge is -2.21. The average molecular weight is 242 g/mol. The molecule has 0 amide bonds. The first-order valence-corrected chi connectivity index (χ1v) is 5.91. The van der Waals surface area contributed by atoms with Gasteiger partial charge in [-0.15, -0.1) is 0 Å². The number of benzene rings is 1. The van der Waals surface area contributed by atoms with Crippen LogP contribution in [0.25, 0.3) is 0 Å². The van der Waals surface area contributed by atoms with Crippen molar-refractivity contribution in [3.8, 4) is 5.75 Å². The first kappa shape index (κ1) is 11.7. The fraction of sp³-hybridized carbons (Fsp3) is 0.500. The van der Waals surface area contributed by atoms with Gasteiger partial charge >= 0.3 is 0 Å². The molecule has 1 aliphatic rings. The molecule has 0 aromatic heterocycles. The first-order chi connectivity index (χ1) is 7.72. The van der Waals surface area contributed by atoms with E-state index in [-0.39, 0.29) is 12.4 Å². The minimum atomic E-state index is 0.151. The number of phenolic OH excluding ortho intramolecular Hbond substituents is 1. The van der Waals surface area contributed by atoms with Gasteiger partial charge in [0.2, 0.25) is 0 Å². The van der Waals surface area contributed by atoms with E-state index in [1.54, 1.807) is 6.07 Å². The predicted molar refractivity (Wildman–Crippen MR) is 63.6 cm³/mol. The van der Waals surface area contributed by atoms with Crippen molar-refractivity contribution in [2.24, 2.45) is 0 Å². The fourth-order valence-electron chi connectivity index (χ4n) is 1.87. The Morgan fingerprint density at radius 3 is 2.75 bits per heavy atom. The summed E-state index contributed by atoms with van der Waals surface area (Å²) < 4.78 is 0. The van der Waals surface area contributed by atoms with Crippen LogP contribution in [-0.4, -0.2) is 34.3 Å². The lowest BCUT2D eigenvalue weighted by atomic mass is 10.2. The van der Waals surface area contributed by atoms with Gasteiger partial charge in [-0.25, -0.2) is 0 Å². The molecule has 0 radical (unpaired) electrons. The van der Waals surface area contributed by atoms with E-state index in [1.165, 1.54) is 12.8 Å². The quantitative estimate of drug-likeness (QED) is 0.829. The number of nitrogens with zero attached hydrogens (tertiary/aromatic N) is 1. The van der Waals surface area contributed by atoms with Crippen molar-refractivity contribution in [3.63, 3.8) is 0 Å². The van der Waals surface area contributed by atoms with E-state index < -0.39 is 0 Å². The summed E-state index contributed by atoms with van der Waals surface area (Å²) in [6.45, 7) is 1.45. The minimum absolute atomic E-state index is 0.151. The largest absolute Gasteiger partial charge is 0.506 e. The van der Waals surface area contributed by atoms with Crippen LogP contribution in [0, 0.1) is 0 Å². The van der Waals surface area contributed by atoms with Gasteiger partial charge in [0.05, 0.1) is 11.6 Å². The highest BCUT2D eigenvalue weighted by atomic mass is 35.5. The number of halogens is 1. The smallest absolute Gasteiger partial charge is 0.138 e. The second kappa shape index (κ2) is 5.04. The molecular weight excluding hydrogens is 226 g/mol. The van der Waals surface area contributed by atoms with E-state index in [1.807, 2.05) is 12.1 Å². The third-order valence-corrected chi connectivity index (χ3v) is 3.20. The molecule has 0 heterocycles. The van der Waals surface area contributed by atoms with E-state index in [9.17, 15) is 5.11 Å². The molecule has 2 N–H and O–H groups in total. The Bertz CT molecular complexity index is 366. The number of hydrogen-bond acceptors (Lipinski definition) is 3. The summed E-state index contributed by atoms with van der Waals surface area (Å²) in [6.07, 6.45) is 2.36. The zero-order chi connectivity index (χ0) is 11.5. The zero-order valence-electron chi connectivity index (χ0n) is 9.06. The van der Waals surface area contributed by atoms with E-state index in [0.717, 1.165) is 5.56 Å². The molecule has 3 nitrogen and oxygen atoms in total. The van der Waals surface area contributed by atoms with Crippen molar-refractivity contribution >= 4 is 11.6 Å². The molecular formula is C12H16ClNO2. The van der Waals surface area contributed by atoms with Crippen LogP contribution in [-0.2, 0) is 6.54 Å². The van der Waals surface area contributed by atoms with Crippen molar-refractivity contribution in [2.75, 3.05) is 13.2 Å². The number of para-hydroxylation sites is 1. The third-order valence-electron chi connectivity index (χ3n) is 2.89. The molecule has 16 heavy (non-hydrogen) atoms. The molecule has 1 aromatic carbocycles. The van der Waals surface area contributed by atoms with E-state index in [4.69, 9.17) is 16.7 Å². The van der Waals surface area contributed by atoms with Crippen LogP contribution in [0.2, 0.25) is 5.02 Å². The summed E-state index contributed by atoms with van der Waals surface area (Å²) in [5.74, 6) is 0.160. The van der Waals surface area contributed by atoms with Gasteiger partial charge in [-0.1, -0.05) is 23.7 Å². The number of aromatic hydroxyl groups is 1. The maximum absolute atomic E-state index is 9.80. The molecule has 0 unspecified atom stereocenters. The van der Waals surface area contributed by atoms with Crippen molar-refractivity contribution in [1.82, 2.24) is 4.90 Å². The molecule has 0 spiro atoms. The highest BCUT2D eigenvalue weighted by Crippen LogP contribution is 2.32. The lowest BCUT2D eigenvalue weighted by Crippen LogP contribution is -2.28. The predicted octanol–water partition coefficient (Wildman–Crippen LogP) is 2.00. The second-order valence-corrected chi connectivity index (χ2v) is 4.58. The SMILES string of the molecule is OCCN(Cc1cccc(Cl)c1O)C1CC1. The second-order valence-electron chi connectivity index (χ2n) is 4.17. The van der Waals surface area contributed by atoms with Gasteiger partial charge in [0.1, 0.15) is 5.75 Å². The van der Waals surface area contributed by atoms with Crippen molar-refractivity contribution in [3.05, 3.63) is 28.8 Å². The first-order valence-electron chi connectivity index (χ1n) is 5.53. The number of hydrogen-bond donors (Lipinski definition) is 2. The summed E-state index contributed by atoms with van der Waals surface area (Å²) in [5.41, 5.74) is 0.827. The van der Waals surface area contributed by atoms with Crippen LogP contribution in [0.3, 0.4) is 0 Å². The van der Waals surface area contributed by atoms with Crippen LogP contribution >= 0.6 is 11.6 Å². The summed E-state index contributed by atoms with van der Waals surface area (Å²) in [5, 5.41) is 19.2. The van der Waals surface area contributed by atoms with Crippen LogP contribution in [0.15, 0.2) is 18.2 Å². The number of rotatable bonds is 5. The normalized spacial score (nSPS) is 15.7. The summed E-state index contributed by atoms with van der Waals surface area (Å²) in [4.78, 5) is 2.19. The van der Waals surface area contributed by atoms with Gasteiger partial charge in [-0.2, -0.15) is 0 Å². The van der Waals surface area contributed by atoms with Gasteiger partial charge < -0.3 is 10.2 Å². The van der Waals surface area contributed by atoms with Crippen molar-refractivity contribution in [1.29, 1.82) is 0 Å². The molecule has 0 atom stereocenters. The van der Waals surface area contributed by atoms with E-state index in [2.05, 4.69) is 4.90 Å². The highest BCUT2D eigenvalue weighted by Gasteiger charge is 2.28. The third kappa shape index (κ3) is 2.67. The molecule has 1 fully saturated rings. The fourth-order valence-corrected chi connectivity index (χ4v) is 2.06. The van der Waals surface area contributed by atoms with Gasteiger partial charge in [-0.3, -0.25) is 4.90 Å². The summed E-state index contributed by atoms with van der Waals surface area (Å²) in [7, 11) is 0. The van der Waals surface area contributed by atoms with Crippen LogP contribution < -0.4 is 0 Å². The van der Waals surface area contributed by atoms with Crippen molar-refractivity contribution < 1.29 is 10.2 Å². The molecule has 4 heteroatoms. The van der Waals surface area contributed by atoms with Crippen LogP contribution in [0.5, 0.6) is 5.75 Å². The Morgan fingerprint density at radius 1 is 1.38 bits per heavy atom. The number of aliphatic hydroxyl groups is 1. The minimum Gasteiger partial charge on any atom is -0.506 e. The molecule has 0 bridgehead atoms. The molecule has 1 aliphatic carbocycles. The molecule has 0 saturated heterocycles. The highest BCUT2D eigenvalue weighted by molar-refractivity contribution is 6.32. The maximum Gasteiger partial charge on any atom is 0.138 e. The molecule has 1 aromatic rings. The molecule has 1 saturated carbocycles. The maximum atomic E-state index is 9.80. The number of phenols is 1. The lowest BCUT2D eigenvalue weighted by molar-refractivity contribution is 0.182.